The fourth-order valence-corrected chi connectivity index (χ4v) is 1.47. The highest BCUT2D eigenvalue weighted by Crippen LogP contribution is 2.14. The molecule has 2 heterocycles. The molecule has 0 bridgehead atoms. The second-order valence-electron chi connectivity index (χ2n) is 2.96. The van der Waals surface area contributed by atoms with E-state index in [1.165, 1.54) is 0 Å². The van der Waals surface area contributed by atoms with Crippen LogP contribution in [-0.2, 0) is 12.4 Å². The third-order valence-corrected chi connectivity index (χ3v) is 2.52. The summed E-state index contributed by atoms with van der Waals surface area (Å²) in [5.41, 5.74) is 0.861. The lowest BCUT2D eigenvalue weighted by atomic mass is 10.5. The molecule has 0 saturated heterocycles. The number of rotatable bonds is 3. The summed E-state index contributed by atoms with van der Waals surface area (Å²) in [5.74, 6) is 1.37. The average Bonchev–Trinajstić information content (AvgIpc) is 2.83. The molecule has 0 fully saturated rings. The zero-order chi connectivity index (χ0) is 10.8. The fraction of sp³-hybridized carbons (Fsp3) is 0.375. The van der Waals surface area contributed by atoms with Crippen molar-refractivity contribution in [3.63, 3.8) is 0 Å². The van der Waals surface area contributed by atoms with Gasteiger partial charge in [0.25, 0.3) is 0 Å². The molecule has 0 aliphatic heterocycles. The van der Waals surface area contributed by atoms with Crippen LogP contribution in [0.2, 0.25) is 0 Å². The molecular formula is C8H10BrN5O. The third kappa shape index (κ3) is 1.87. The Morgan fingerprint density at radius 1 is 1.53 bits per heavy atom. The van der Waals surface area contributed by atoms with Crippen LogP contribution in [-0.4, -0.2) is 31.9 Å². The zero-order valence-electron chi connectivity index (χ0n) is 8.38. The Balaban J connectivity index is 2.36. The van der Waals surface area contributed by atoms with Crippen molar-refractivity contribution in [2.75, 3.05) is 7.11 Å². The number of ether oxygens (including phenoxy) is 1. The maximum absolute atomic E-state index is 5.11. The van der Waals surface area contributed by atoms with Crippen molar-refractivity contribution < 1.29 is 4.74 Å². The van der Waals surface area contributed by atoms with Gasteiger partial charge in [0.1, 0.15) is 0 Å². The summed E-state index contributed by atoms with van der Waals surface area (Å²) in [4.78, 5) is 0. The van der Waals surface area contributed by atoms with E-state index in [0.717, 1.165) is 5.69 Å². The van der Waals surface area contributed by atoms with Crippen LogP contribution in [0.3, 0.4) is 0 Å². The number of alkyl halides is 1. The van der Waals surface area contributed by atoms with Gasteiger partial charge in [-0.25, -0.2) is 9.36 Å². The van der Waals surface area contributed by atoms with Gasteiger partial charge in [-0.3, -0.25) is 0 Å². The summed E-state index contributed by atoms with van der Waals surface area (Å²) in [5, 5.41) is 12.8. The maximum atomic E-state index is 5.11. The standard InChI is InChI=1S/C8H10BrN5O/c1-13-8(15-2)3-7(11-13)14-5-6(4-9)10-12-14/h3,5H,4H2,1-2H3. The van der Waals surface area contributed by atoms with Gasteiger partial charge < -0.3 is 4.74 Å². The minimum atomic E-state index is 0.678. The van der Waals surface area contributed by atoms with E-state index in [1.807, 2.05) is 13.2 Å². The minimum Gasteiger partial charge on any atom is -0.481 e. The molecule has 0 amide bonds. The molecule has 0 atom stereocenters. The molecule has 2 aromatic heterocycles. The van der Waals surface area contributed by atoms with E-state index in [1.54, 1.807) is 22.5 Å². The summed E-state index contributed by atoms with van der Waals surface area (Å²) in [6.45, 7) is 0. The van der Waals surface area contributed by atoms with Crippen molar-refractivity contribution in [3.8, 4) is 11.7 Å². The lowest BCUT2D eigenvalue weighted by molar-refractivity contribution is 0.373. The van der Waals surface area contributed by atoms with Gasteiger partial charge in [-0.1, -0.05) is 21.1 Å². The number of hydrogen-bond donors (Lipinski definition) is 0. The Morgan fingerprint density at radius 3 is 2.87 bits per heavy atom. The van der Waals surface area contributed by atoms with Crippen molar-refractivity contribution in [1.82, 2.24) is 24.8 Å². The Bertz CT molecular complexity index is 463. The highest BCUT2D eigenvalue weighted by molar-refractivity contribution is 9.08. The van der Waals surface area contributed by atoms with Gasteiger partial charge in [-0.15, -0.1) is 10.2 Å². The molecule has 0 aliphatic carbocycles. The van der Waals surface area contributed by atoms with Crippen LogP contribution in [0.1, 0.15) is 5.69 Å². The van der Waals surface area contributed by atoms with E-state index < -0.39 is 0 Å². The van der Waals surface area contributed by atoms with Crippen molar-refractivity contribution >= 4 is 15.9 Å². The maximum Gasteiger partial charge on any atom is 0.213 e. The van der Waals surface area contributed by atoms with Crippen LogP contribution in [0.5, 0.6) is 5.88 Å². The summed E-state index contributed by atoms with van der Waals surface area (Å²) >= 11 is 3.31. The highest BCUT2D eigenvalue weighted by Gasteiger charge is 2.08. The van der Waals surface area contributed by atoms with Crippen molar-refractivity contribution in [2.45, 2.75) is 5.33 Å². The lowest BCUT2D eigenvalue weighted by Crippen LogP contribution is -1.98. The van der Waals surface area contributed by atoms with E-state index in [9.17, 15) is 0 Å². The fourth-order valence-electron chi connectivity index (χ4n) is 1.21. The SMILES string of the molecule is COc1cc(-n2cc(CBr)nn2)nn1C. The monoisotopic (exact) mass is 271 g/mol. The molecule has 0 saturated carbocycles. The topological polar surface area (TPSA) is 57.8 Å². The van der Waals surface area contributed by atoms with E-state index in [2.05, 4.69) is 31.3 Å². The first-order chi connectivity index (χ1) is 7.24. The molecule has 6 nitrogen and oxygen atoms in total. The van der Waals surface area contributed by atoms with Crippen LogP contribution >= 0.6 is 15.9 Å². The number of aromatic nitrogens is 5. The summed E-state index contributed by atoms with van der Waals surface area (Å²) in [6.07, 6.45) is 1.82. The van der Waals surface area contributed by atoms with Gasteiger partial charge in [-0.05, 0) is 0 Å². The van der Waals surface area contributed by atoms with Crippen molar-refractivity contribution in [1.29, 1.82) is 0 Å². The minimum absolute atomic E-state index is 0.678. The molecule has 0 unspecified atom stereocenters. The largest absolute Gasteiger partial charge is 0.481 e. The molecule has 2 rings (SSSR count). The van der Waals surface area contributed by atoms with Crippen molar-refractivity contribution in [3.05, 3.63) is 18.0 Å². The molecule has 0 N–H and O–H groups in total. The third-order valence-electron chi connectivity index (χ3n) is 1.95. The Kier molecular flexibility index (Phi) is 2.72. The van der Waals surface area contributed by atoms with Gasteiger partial charge >= 0.3 is 0 Å². The number of nitrogens with zero attached hydrogens (tertiary/aromatic N) is 5. The molecule has 80 valence electrons. The lowest BCUT2D eigenvalue weighted by Gasteiger charge is -1.95. The van der Waals surface area contributed by atoms with Crippen LogP contribution in [0.25, 0.3) is 5.82 Å². The number of hydrogen-bond acceptors (Lipinski definition) is 4. The number of halogens is 1. The molecule has 0 aromatic carbocycles. The molecule has 7 heteroatoms. The Morgan fingerprint density at radius 2 is 2.33 bits per heavy atom. The van der Waals surface area contributed by atoms with Gasteiger partial charge in [0.15, 0.2) is 5.82 Å². The first-order valence-electron chi connectivity index (χ1n) is 4.30. The van der Waals surface area contributed by atoms with Crippen LogP contribution in [0.15, 0.2) is 12.3 Å². The quantitative estimate of drug-likeness (QED) is 0.779. The second kappa shape index (κ2) is 4.01. The average molecular weight is 272 g/mol. The predicted molar refractivity (Wildman–Crippen MR) is 57.3 cm³/mol. The van der Waals surface area contributed by atoms with Crippen molar-refractivity contribution in [2.24, 2.45) is 7.05 Å². The molecular weight excluding hydrogens is 262 g/mol. The molecule has 0 aliphatic rings. The second-order valence-corrected chi connectivity index (χ2v) is 3.52. The Labute approximate surface area is 95.0 Å². The van der Waals surface area contributed by atoms with E-state index in [-0.39, 0.29) is 0 Å². The van der Waals surface area contributed by atoms with Gasteiger partial charge in [-0.2, -0.15) is 0 Å². The van der Waals surface area contributed by atoms with Gasteiger partial charge in [0.05, 0.1) is 19.0 Å². The zero-order valence-corrected chi connectivity index (χ0v) is 9.97. The first-order valence-corrected chi connectivity index (χ1v) is 5.42. The molecule has 2 aromatic rings. The van der Waals surface area contributed by atoms with Crippen LogP contribution in [0, 0.1) is 0 Å². The number of aryl methyl sites for hydroxylation is 1. The summed E-state index contributed by atoms with van der Waals surface area (Å²) in [6, 6.07) is 1.80. The predicted octanol–water partition coefficient (Wildman–Crippen LogP) is 0.904. The van der Waals surface area contributed by atoms with E-state index in [0.29, 0.717) is 17.0 Å². The van der Waals surface area contributed by atoms with E-state index in [4.69, 9.17) is 4.74 Å². The van der Waals surface area contributed by atoms with Crippen LogP contribution in [0.4, 0.5) is 0 Å². The normalized spacial score (nSPS) is 10.6. The van der Waals surface area contributed by atoms with Gasteiger partial charge in [0, 0.05) is 18.4 Å². The Hall–Kier alpha value is -1.37. The number of methoxy groups -OCH3 is 1. The smallest absolute Gasteiger partial charge is 0.213 e. The molecule has 0 radical (unpaired) electrons. The van der Waals surface area contributed by atoms with Gasteiger partial charge in [0.2, 0.25) is 5.88 Å². The molecule has 15 heavy (non-hydrogen) atoms. The highest BCUT2D eigenvalue weighted by atomic mass is 79.9. The molecule has 0 spiro atoms. The summed E-state index contributed by atoms with van der Waals surface area (Å²) < 4.78 is 8.36. The van der Waals surface area contributed by atoms with Crippen LogP contribution < -0.4 is 4.74 Å². The first kappa shape index (κ1) is 10.2. The summed E-state index contributed by atoms with van der Waals surface area (Å²) in [7, 11) is 3.41. The van der Waals surface area contributed by atoms with E-state index >= 15 is 0 Å².